The number of benzene rings is 1. The van der Waals surface area contributed by atoms with Gasteiger partial charge in [0.25, 0.3) is 0 Å². The maximum Gasteiger partial charge on any atom is 0.403 e. The smallest absolute Gasteiger partial charge is 0.403 e. The number of alkyl halides is 3. The molecule has 0 saturated carbocycles. The lowest BCUT2D eigenvalue weighted by Crippen LogP contribution is -2.24. The van der Waals surface area contributed by atoms with Gasteiger partial charge in [-0.25, -0.2) is 13.2 Å². The fourth-order valence-corrected chi connectivity index (χ4v) is 3.07. The molecule has 1 rings (SSSR count). The van der Waals surface area contributed by atoms with E-state index in [2.05, 4.69) is 0 Å². The monoisotopic (exact) mass is 296 g/mol. The summed E-state index contributed by atoms with van der Waals surface area (Å²) in [5, 5.41) is 8.75. The highest BCUT2D eigenvalue weighted by Crippen LogP contribution is 2.26. The van der Waals surface area contributed by atoms with E-state index < -0.39 is 32.6 Å². The van der Waals surface area contributed by atoms with Crippen molar-refractivity contribution >= 4 is 15.8 Å². The van der Waals surface area contributed by atoms with Crippen LogP contribution in [0.1, 0.15) is 22.8 Å². The highest BCUT2D eigenvalue weighted by Gasteiger charge is 2.37. The number of rotatable bonds is 4. The first-order valence-corrected chi connectivity index (χ1v) is 6.88. The van der Waals surface area contributed by atoms with Crippen molar-refractivity contribution in [1.82, 2.24) is 0 Å². The van der Waals surface area contributed by atoms with Crippen LogP contribution in [0.4, 0.5) is 13.2 Å². The Morgan fingerprint density at radius 3 is 2.32 bits per heavy atom. The molecule has 0 aromatic heterocycles. The van der Waals surface area contributed by atoms with Gasteiger partial charge in [0.2, 0.25) is 0 Å². The molecule has 19 heavy (non-hydrogen) atoms. The van der Waals surface area contributed by atoms with Crippen molar-refractivity contribution in [2.24, 2.45) is 0 Å². The van der Waals surface area contributed by atoms with Crippen LogP contribution in [0, 0.1) is 0 Å². The summed E-state index contributed by atoms with van der Waals surface area (Å²) in [6.07, 6.45) is -4.69. The predicted octanol–water partition coefficient (Wildman–Crippen LogP) is 2.28. The van der Waals surface area contributed by atoms with Gasteiger partial charge in [0.05, 0.1) is 10.5 Å². The standard InChI is InChI=1S/C11H11F3O4S/c1-2-7-3-4-8(10(15)16)5-9(7)19(17,18)6-11(12,13)14/h3-5H,2,6H2,1H3,(H,15,16). The van der Waals surface area contributed by atoms with Crippen LogP contribution in [-0.2, 0) is 16.3 Å². The second-order valence-corrected chi connectivity index (χ2v) is 5.81. The normalized spacial score (nSPS) is 12.4. The highest BCUT2D eigenvalue weighted by atomic mass is 32.2. The van der Waals surface area contributed by atoms with Crippen molar-refractivity contribution in [2.75, 3.05) is 5.75 Å². The number of halogens is 3. The molecule has 0 aliphatic rings. The molecule has 0 fully saturated rings. The molecule has 8 heteroatoms. The lowest BCUT2D eigenvalue weighted by atomic mass is 10.1. The van der Waals surface area contributed by atoms with Crippen molar-refractivity contribution in [1.29, 1.82) is 0 Å². The van der Waals surface area contributed by atoms with Gasteiger partial charge in [0, 0.05) is 0 Å². The Labute approximate surface area is 107 Å². The van der Waals surface area contributed by atoms with Crippen LogP contribution >= 0.6 is 0 Å². The van der Waals surface area contributed by atoms with Crippen molar-refractivity contribution in [3.05, 3.63) is 29.3 Å². The van der Waals surface area contributed by atoms with E-state index in [4.69, 9.17) is 5.11 Å². The molecule has 0 saturated heterocycles. The molecule has 0 unspecified atom stereocenters. The molecule has 0 aliphatic heterocycles. The van der Waals surface area contributed by atoms with Crippen molar-refractivity contribution in [2.45, 2.75) is 24.4 Å². The van der Waals surface area contributed by atoms with Gasteiger partial charge in [-0.2, -0.15) is 13.2 Å². The number of sulfone groups is 1. The van der Waals surface area contributed by atoms with Crippen LogP contribution in [0.25, 0.3) is 0 Å². The molecule has 4 nitrogen and oxygen atoms in total. The molecular weight excluding hydrogens is 285 g/mol. The molecule has 0 spiro atoms. The highest BCUT2D eigenvalue weighted by molar-refractivity contribution is 7.91. The number of aryl methyl sites for hydroxylation is 1. The second kappa shape index (κ2) is 5.20. The topological polar surface area (TPSA) is 71.4 Å². The first-order valence-electron chi connectivity index (χ1n) is 5.22. The Kier molecular flexibility index (Phi) is 4.24. The summed E-state index contributed by atoms with van der Waals surface area (Å²) < 4.78 is 60.1. The third kappa shape index (κ3) is 3.95. The first kappa shape index (κ1) is 15.5. The molecule has 0 bridgehead atoms. The number of aromatic carboxylic acids is 1. The largest absolute Gasteiger partial charge is 0.478 e. The van der Waals surface area contributed by atoms with Gasteiger partial charge in [0.1, 0.15) is 0 Å². The molecule has 0 atom stereocenters. The number of carbonyl (C=O) groups is 1. The van der Waals surface area contributed by atoms with Gasteiger partial charge < -0.3 is 5.11 Å². The van der Waals surface area contributed by atoms with Crippen LogP contribution in [0.5, 0.6) is 0 Å². The van der Waals surface area contributed by atoms with Crippen molar-refractivity contribution < 1.29 is 31.5 Å². The zero-order chi connectivity index (χ0) is 14.8. The minimum atomic E-state index is -4.87. The van der Waals surface area contributed by atoms with Crippen molar-refractivity contribution in [3.8, 4) is 0 Å². The maximum atomic E-state index is 12.2. The van der Waals surface area contributed by atoms with E-state index in [0.29, 0.717) is 0 Å². The van der Waals surface area contributed by atoms with Crippen LogP contribution < -0.4 is 0 Å². The lowest BCUT2D eigenvalue weighted by Gasteiger charge is -2.12. The van der Waals surface area contributed by atoms with Gasteiger partial charge in [-0.05, 0) is 24.1 Å². The predicted molar refractivity (Wildman–Crippen MR) is 60.9 cm³/mol. The Morgan fingerprint density at radius 2 is 1.89 bits per heavy atom. The Bertz CT molecular complexity index is 590. The lowest BCUT2D eigenvalue weighted by molar-refractivity contribution is -0.106. The van der Waals surface area contributed by atoms with Crippen LogP contribution in [0.15, 0.2) is 23.1 Å². The molecule has 0 aliphatic carbocycles. The summed E-state index contributed by atoms with van der Waals surface area (Å²) in [5.41, 5.74) is -0.202. The van der Waals surface area contributed by atoms with Gasteiger partial charge in [-0.15, -0.1) is 0 Å². The number of hydrogen-bond acceptors (Lipinski definition) is 3. The fraction of sp³-hybridized carbons (Fsp3) is 0.364. The minimum absolute atomic E-state index is 0.161. The summed E-state index contributed by atoms with van der Waals surface area (Å²) in [7, 11) is -4.61. The Balaban J connectivity index is 3.39. The summed E-state index contributed by atoms with van der Waals surface area (Å²) in [6, 6.07) is 3.14. The van der Waals surface area contributed by atoms with Gasteiger partial charge in [-0.3, -0.25) is 0 Å². The molecular formula is C11H11F3O4S. The van der Waals surface area contributed by atoms with Gasteiger partial charge in [-0.1, -0.05) is 13.0 Å². The molecule has 0 radical (unpaired) electrons. The van der Waals surface area contributed by atoms with E-state index >= 15 is 0 Å². The van der Waals surface area contributed by atoms with E-state index in [1.54, 1.807) is 6.92 Å². The summed E-state index contributed by atoms with van der Waals surface area (Å²) in [4.78, 5) is 10.2. The maximum absolute atomic E-state index is 12.2. The second-order valence-electron chi connectivity index (χ2n) is 3.86. The van der Waals surface area contributed by atoms with Crippen molar-refractivity contribution in [3.63, 3.8) is 0 Å². The van der Waals surface area contributed by atoms with Gasteiger partial charge in [0.15, 0.2) is 15.6 Å². The number of carboxylic acid groups (broad SMARTS) is 1. The average Bonchev–Trinajstić information content (AvgIpc) is 2.24. The van der Waals surface area contributed by atoms with E-state index in [1.807, 2.05) is 0 Å². The first-order chi connectivity index (χ1) is 8.57. The minimum Gasteiger partial charge on any atom is -0.478 e. The van der Waals surface area contributed by atoms with E-state index in [9.17, 15) is 26.4 Å². The molecule has 0 amide bonds. The Morgan fingerprint density at radius 1 is 1.32 bits per heavy atom. The summed E-state index contributed by atoms with van der Waals surface area (Å²) >= 11 is 0. The molecule has 1 aromatic carbocycles. The number of hydrogen-bond donors (Lipinski definition) is 1. The summed E-state index contributed by atoms with van der Waals surface area (Å²) in [5.74, 6) is -3.40. The van der Waals surface area contributed by atoms with Gasteiger partial charge >= 0.3 is 12.1 Å². The van der Waals surface area contributed by atoms with Crippen LogP contribution in [0.3, 0.4) is 0 Å². The third-order valence-electron chi connectivity index (χ3n) is 2.38. The zero-order valence-corrected chi connectivity index (χ0v) is 10.7. The van der Waals surface area contributed by atoms with Crippen LogP contribution in [-0.4, -0.2) is 31.4 Å². The fourth-order valence-electron chi connectivity index (χ4n) is 1.56. The Hall–Kier alpha value is -1.57. The number of carboxylic acids is 1. The van der Waals surface area contributed by atoms with E-state index in [0.717, 1.165) is 12.1 Å². The van der Waals surface area contributed by atoms with E-state index in [1.165, 1.54) is 6.07 Å². The zero-order valence-electron chi connectivity index (χ0n) is 9.86. The molecule has 0 heterocycles. The SMILES string of the molecule is CCc1ccc(C(=O)O)cc1S(=O)(=O)CC(F)(F)F. The quantitative estimate of drug-likeness (QED) is 0.925. The summed E-state index contributed by atoms with van der Waals surface area (Å²) in [6.45, 7) is 1.57. The molecule has 106 valence electrons. The van der Waals surface area contributed by atoms with E-state index in [-0.39, 0.29) is 17.5 Å². The van der Waals surface area contributed by atoms with Crippen LogP contribution in [0.2, 0.25) is 0 Å². The molecule has 1 aromatic rings. The molecule has 1 N–H and O–H groups in total. The third-order valence-corrected chi connectivity index (χ3v) is 4.14. The average molecular weight is 296 g/mol.